The third-order valence-corrected chi connectivity index (χ3v) is 10.6. The third-order valence-electron chi connectivity index (χ3n) is 10.6. The van der Waals surface area contributed by atoms with Crippen LogP contribution >= 0.6 is 0 Å². The maximum Gasteiger partial charge on any atom is 0.272 e. The zero-order valence-electron chi connectivity index (χ0n) is 26.7. The predicted octanol–water partition coefficient (Wildman–Crippen LogP) is 4.00. The summed E-state index contributed by atoms with van der Waals surface area (Å²) in [6.07, 6.45) is 0.432. The summed E-state index contributed by atoms with van der Waals surface area (Å²) in [5.41, 5.74) is 2.87. The number of para-hydroxylation sites is 1. The van der Waals surface area contributed by atoms with Crippen molar-refractivity contribution >= 4 is 17.3 Å². The van der Waals surface area contributed by atoms with E-state index in [0.717, 1.165) is 6.42 Å². The van der Waals surface area contributed by atoms with Crippen LogP contribution < -0.4 is 15.0 Å². The van der Waals surface area contributed by atoms with Gasteiger partial charge in [-0.05, 0) is 54.6 Å². The van der Waals surface area contributed by atoms with Crippen LogP contribution in [-0.4, -0.2) is 78.2 Å². The quantitative estimate of drug-likeness (QED) is 0.269. The van der Waals surface area contributed by atoms with Crippen LogP contribution in [0.1, 0.15) is 46.1 Å². The largest absolute Gasteiger partial charge is 0.496 e. The van der Waals surface area contributed by atoms with Crippen LogP contribution in [0, 0.1) is 39.2 Å². The average molecular weight is 611 g/mol. The highest BCUT2D eigenvalue weighted by atomic mass is 16.7. The number of hydroxylamine groups is 2. The van der Waals surface area contributed by atoms with E-state index in [4.69, 9.17) is 9.57 Å². The highest BCUT2D eigenvalue weighted by Gasteiger charge is 2.57. The topological polar surface area (TPSA) is 138 Å². The van der Waals surface area contributed by atoms with Crippen molar-refractivity contribution in [3.63, 3.8) is 0 Å². The Morgan fingerprint density at radius 1 is 1.27 bits per heavy atom. The van der Waals surface area contributed by atoms with Crippen LogP contribution in [0.3, 0.4) is 0 Å². The first kappa shape index (κ1) is 32.2. The highest BCUT2D eigenvalue weighted by molar-refractivity contribution is 5.83. The fourth-order valence-corrected chi connectivity index (χ4v) is 7.94. The summed E-state index contributed by atoms with van der Waals surface area (Å²) in [7, 11) is 5.18. The van der Waals surface area contributed by atoms with Gasteiger partial charge in [-0.15, -0.1) is 0 Å². The minimum Gasteiger partial charge on any atom is -0.496 e. The Hall–Kier alpha value is -3.25. The summed E-state index contributed by atoms with van der Waals surface area (Å²) >= 11 is 0. The number of rotatable bonds is 10. The van der Waals surface area contributed by atoms with Gasteiger partial charge in [0, 0.05) is 55.0 Å². The molecule has 2 bridgehead atoms. The normalized spacial score (nSPS) is 29.9. The second kappa shape index (κ2) is 12.3. The van der Waals surface area contributed by atoms with E-state index < -0.39 is 29.1 Å². The fraction of sp³-hybridized carbons (Fsp3) is 0.606. The van der Waals surface area contributed by atoms with Gasteiger partial charge >= 0.3 is 0 Å². The number of nitrogens with zero attached hydrogens (tertiary/aromatic N) is 3. The van der Waals surface area contributed by atoms with E-state index in [1.807, 2.05) is 38.4 Å². The number of anilines is 1. The number of hydrogen-bond acceptors (Lipinski definition) is 9. The number of hydrogen-bond donors (Lipinski definition) is 3. The predicted molar refractivity (Wildman–Crippen MR) is 167 cm³/mol. The van der Waals surface area contributed by atoms with Crippen LogP contribution in [0.5, 0.6) is 5.75 Å². The van der Waals surface area contributed by atoms with E-state index in [0.29, 0.717) is 45.9 Å². The van der Waals surface area contributed by atoms with Gasteiger partial charge in [0.1, 0.15) is 17.9 Å². The van der Waals surface area contributed by atoms with E-state index in [2.05, 4.69) is 26.1 Å². The van der Waals surface area contributed by atoms with Crippen molar-refractivity contribution < 1.29 is 29.5 Å². The first-order valence-electron chi connectivity index (χ1n) is 15.4. The molecule has 6 rings (SSSR count). The van der Waals surface area contributed by atoms with Gasteiger partial charge in [0.2, 0.25) is 5.91 Å². The van der Waals surface area contributed by atoms with E-state index in [1.165, 1.54) is 25.7 Å². The number of benzene rings is 2. The molecule has 1 heterocycles. The summed E-state index contributed by atoms with van der Waals surface area (Å²) in [5, 5.41) is 37.5. The highest BCUT2D eigenvalue weighted by Crippen LogP contribution is 2.61. The first-order valence-corrected chi connectivity index (χ1v) is 15.4. The number of non-ortho nitro benzene ring substituents is 1. The third kappa shape index (κ3) is 5.66. The van der Waals surface area contributed by atoms with Crippen molar-refractivity contribution in [2.75, 3.05) is 32.7 Å². The van der Waals surface area contributed by atoms with Crippen LogP contribution in [0.25, 0.3) is 11.1 Å². The summed E-state index contributed by atoms with van der Waals surface area (Å²) in [6, 6.07) is 9.59. The standard InChI is InChI=1S/C33H46N4O7/c1-18-26-13-22(33(26,3)4)14-27(18)34-32(40)30-29(19(2)39)28(17-38)44-36(30)16-20-9-8-10-25(31(20)43-7)21-11-23(35(5)6)15-24(12-21)37(41)42/h8-12,15,18-19,22,26-30,38-39H,13-14,16-17H2,1-7H3,(H,34,40)/t18-,19?,22+,26-,27-,28-,29?,30-/m0/s1. The Labute approximate surface area is 259 Å². The van der Waals surface area contributed by atoms with Crippen molar-refractivity contribution in [2.45, 2.75) is 71.4 Å². The molecule has 1 saturated heterocycles. The van der Waals surface area contributed by atoms with Gasteiger partial charge in [-0.3, -0.25) is 19.7 Å². The Bertz CT molecular complexity index is 1400. The number of aliphatic hydroxyl groups excluding tert-OH is 2. The van der Waals surface area contributed by atoms with Crippen molar-refractivity contribution in [3.8, 4) is 16.9 Å². The number of carbonyl (C=O) groups excluding carboxylic acids is 1. The van der Waals surface area contributed by atoms with Crippen LogP contribution in [-0.2, 0) is 16.2 Å². The molecule has 1 amide bonds. The molecule has 2 unspecified atom stereocenters. The van der Waals surface area contributed by atoms with Gasteiger partial charge in [-0.25, -0.2) is 0 Å². The molecular formula is C33H46N4O7. The molecule has 3 saturated carbocycles. The number of fused-ring (bicyclic) bond motifs is 2. The number of carbonyl (C=O) groups is 1. The fourth-order valence-electron chi connectivity index (χ4n) is 7.94. The smallest absolute Gasteiger partial charge is 0.272 e. The number of nitro groups is 1. The monoisotopic (exact) mass is 610 g/mol. The van der Waals surface area contributed by atoms with Gasteiger partial charge < -0.3 is 25.2 Å². The molecule has 3 aliphatic carbocycles. The molecule has 44 heavy (non-hydrogen) atoms. The molecule has 11 heteroatoms. The molecule has 0 radical (unpaired) electrons. The maximum absolute atomic E-state index is 14.0. The number of ether oxygens (including phenoxy) is 1. The molecule has 11 nitrogen and oxygen atoms in total. The number of methoxy groups -OCH3 is 1. The summed E-state index contributed by atoms with van der Waals surface area (Å²) in [6.45, 7) is 8.24. The molecule has 0 spiro atoms. The molecular weight excluding hydrogens is 564 g/mol. The summed E-state index contributed by atoms with van der Waals surface area (Å²) in [4.78, 5) is 33.3. The Balaban J connectivity index is 1.46. The lowest BCUT2D eigenvalue weighted by atomic mass is 9.45. The van der Waals surface area contributed by atoms with Crippen molar-refractivity contribution in [1.82, 2.24) is 10.4 Å². The molecule has 4 aliphatic rings. The van der Waals surface area contributed by atoms with Gasteiger partial charge in [0.25, 0.3) is 5.69 Å². The van der Waals surface area contributed by atoms with Gasteiger partial charge in [0.05, 0.1) is 31.3 Å². The minimum absolute atomic E-state index is 0.0292. The Kier molecular flexibility index (Phi) is 8.97. The molecule has 1 aliphatic heterocycles. The lowest BCUT2D eigenvalue weighted by molar-refractivity contribution is -0.384. The van der Waals surface area contributed by atoms with Gasteiger partial charge in [-0.1, -0.05) is 39.0 Å². The molecule has 3 N–H and O–H groups in total. The molecule has 240 valence electrons. The van der Waals surface area contributed by atoms with Crippen molar-refractivity contribution in [1.29, 1.82) is 0 Å². The zero-order valence-corrected chi connectivity index (χ0v) is 26.7. The first-order chi connectivity index (χ1) is 20.8. The minimum atomic E-state index is -0.911. The lowest BCUT2D eigenvalue weighted by Crippen LogP contribution is -2.62. The Morgan fingerprint density at radius 2 is 2.00 bits per heavy atom. The molecule has 2 aromatic rings. The molecule has 0 aromatic heterocycles. The Morgan fingerprint density at radius 3 is 2.57 bits per heavy atom. The maximum atomic E-state index is 14.0. The summed E-state index contributed by atoms with van der Waals surface area (Å²) in [5.74, 6) is 1.05. The van der Waals surface area contributed by atoms with Crippen LogP contribution in [0.4, 0.5) is 11.4 Å². The number of aliphatic hydroxyl groups is 2. The van der Waals surface area contributed by atoms with Crippen molar-refractivity contribution in [3.05, 3.63) is 52.1 Å². The van der Waals surface area contributed by atoms with E-state index in [9.17, 15) is 25.1 Å². The van der Waals surface area contributed by atoms with E-state index in [-0.39, 0.29) is 36.2 Å². The van der Waals surface area contributed by atoms with E-state index >= 15 is 0 Å². The summed E-state index contributed by atoms with van der Waals surface area (Å²) < 4.78 is 5.87. The molecule has 2 aromatic carbocycles. The second-order valence-corrected chi connectivity index (χ2v) is 13.6. The lowest BCUT2D eigenvalue weighted by Gasteiger charge is -2.62. The SMILES string of the molecule is COc1c(CN2O[C@@H](CO)C(C(C)O)[C@H]2C(=O)N[C@H]2C[C@H]3C[C@@H]([C@@H]2C)C3(C)C)cccc1-c1cc(N(C)C)cc([N+](=O)[O-])c1. The number of nitrogens with one attached hydrogen (secondary N) is 1. The van der Waals surface area contributed by atoms with Gasteiger partial charge in [-0.2, -0.15) is 5.06 Å². The van der Waals surface area contributed by atoms with Crippen molar-refractivity contribution in [2.24, 2.45) is 29.1 Å². The zero-order chi connectivity index (χ0) is 32.1. The molecule has 4 fully saturated rings. The van der Waals surface area contributed by atoms with Gasteiger partial charge in [0.15, 0.2) is 0 Å². The van der Waals surface area contributed by atoms with Crippen LogP contribution in [0.2, 0.25) is 0 Å². The number of nitro benzene ring substituents is 1. The van der Waals surface area contributed by atoms with Crippen LogP contribution in [0.15, 0.2) is 36.4 Å². The van der Waals surface area contributed by atoms with E-state index in [1.54, 1.807) is 16.9 Å². The average Bonchev–Trinajstić information content (AvgIpc) is 3.36. The molecule has 8 atom stereocenters. The number of amides is 1. The second-order valence-electron chi connectivity index (χ2n) is 13.6.